The molecule has 1 aliphatic heterocycles. The van der Waals surface area contributed by atoms with Gasteiger partial charge in [-0.05, 0) is 50.6 Å². The summed E-state index contributed by atoms with van der Waals surface area (Å²) >= 11 is 0. The zero-order chi connectivity index (χ0) is 15.0. The number of hydrogen-bond acceptors (Lipinski definition) is 4. The van der Waals surface area contributed by atoms with E-state index in [-0.39, 0.29) is 4.90 Å². The molecule has 0 saturated carbocycles. The van der Waals surface area contributed by atoms with Crippen molar-refractivity contribution >= 4 is 15.8 Å². The van der Waals surface area contributed by atoms with E-state index in [1.54, 1.807) is 19.1 Å². The summed E-state index contributed by atoms with van der Waals surface area (Å²) in [5.41, 5.74) is -0.494. The van der Waals surface area contributed by atoms with Crippen molar-refractivity contribution in [3.05, 3.63) is 29.8 Å². The molecule has 1 saturated heterocycles. The molecule has 0 bridgehead atoms. The average molecular weight is 297 g/mol. The van der Waals surface area contributed by atoms with Crippen LogP contribution in [0.2, 0.25) is 0 Å². The molecule has 20 heavy (non-hydrogen) atoms. The summed E-state index contributed by atoms with van der Waals surface area (Å²) in [6.45, 7) is 3.17. The van der Waals surface area contributed by atoms with Crippen LogP contribution in [0, 0.1) is 0 Å². The van der Waals surface area contributed by atoms with Crippen LogP contribution in [-0.4, -0.2) is 43.7 Å². The number of rotatable bonds is 4. The Hall–Kier alpha value is -1.40. The lowest BCUT2D eigenvalue weighted by Gasteiger charge is -2.35. The molecular weight excluding hydrogens is 278 g/mol. The molecule has 5 nitrogen and oxygen atoms in total. The van der Waals surface area contributed by atoms with E-state index in [0.29, 0.717) is 5.56 Å². The van der Waals surface area contributed by atoms with Gasteiger partial charge in [-0.15, -0.1) is 0 Å². The maximum atomic E-state index is 11.7. The van der Waals surface area contributed by atoms with Gasteiger partial charge in [0, 0.05) is 6.26 Å². The van der Waals surface area contributed by atoms with Crippen LogP contribution in [0.4, 0.5) is 0 Å². The van der Waals surface area contributed by atoms with Crippen LogP contribution in [0.15, 0.2) is 29.2 Å². The number of carboxylic acids is 1. The van der Waals surface area contributed by atoms with Gasteiger partial charge in [-0.1, -0.05) is 12.1 Å². The van der Waals surface area contributed by atoms with E-state index in [2.05, 4.69) is 0 Å². The molecule has 1 aromatic rings. The van der Waals surface area contributed by atoms with Crippen molar-refractivity contribution in [3.8, 4) is 0 Å². The molecule has 6 heteroatoms. The highest BCUT2D eigenvalue weighted by Gasteiger charge is 2.42. The summed E-state index contributed by atoms with van der Waals surface area (Å²) < 4.78 is 22.9. The van der Waals surface area contributed by atoms with E-state index in [1.807, 2.05) is 4.90 Å². The highest BCUT2D eigenvalue weighted by atomic mass is 32.2. The normalized spacial score (nSPS) is 19.7. The molecule has 0 aromatic heterocycles. The number of carbonyl (C=O) groups is 1. The van der Waals surface area contributed by atoms with Gasteiger partial charge < -0.3 is 5.11 Å². The number of likely N-dealkylation sites (tertiary alicyclic amines) is 1. The van der Waals surface area contributed by atoms with E-state index >= 15 is 0 Å². The van der Waals surface area contributed by atoms with Crippen molar-refractivity contribution in [3.63, 3.8) is 0 Å². The summed E-state index contributed by atoms with van der Waals surface area (Å²) in [7, 11) is -3.27. The van der Waals surface area contributed by atoms with Crippen LogP contribution in [0.1, 0.15) is 25.3 Å². The molecule has 0 aliphatic carbocycles. The summed E-state index contributed by atoms with van der Waals surface area (Å²) in [6, 6.07) is 6.15. The molecular formula is C14H19NO4S. The summed E-state index contributed by atoms with van der Waals surface area (Å²) in [4.78, 5) is 13.9. The molecule has 1 aromatic carbocycles. The van der Waals surface area contributed by atoms with E-state index < -0.39 is 21.3 Å². The van der Waals surface area contributed by atoms with E-state index in [0.717, 1.165) is 32.2 Å². The maximum absolute atomic E-state index is 11.7. The SMILES string of the molecule is CC(C(=O)O)(c1ccc(S(C)(=O)=O)cc1)N1CCCC1. The van der Waals surface area contributed by atoms with Gasteiger partial charge in [0.25, 0.3) is 0 Å². The molecule has 0 spiro atoms. The van der Waals surface area contributed by atoms with Crippen molar-refractivity contribution in [1.29, 1.82) is 0 Å². The van der Waals surface area contributed by atoms with Crippen molar-refractivity contribution in [2.24, 2.45) is 0 Å². The lowest BCUT2D eigenvalue weighted by atomic mass is 9.90. The highest BCUT2D eigenvalue weighted by molar-refractivity contribution is 7.90. The summed E-state index contributed by atoms with van der Waals surface area (Å²) in [5, 5.41) is 9.62. The number of sulfone groups is 1. The monoisotopic (exact) mass is 297 g/mol. The quantitative estimate of drug-likeness (QED) is 0.911. The minimum atomic E-state index is -3.27. The second-order valence-corrected chi connectivity index (χ2v) is 7.38. The van der Waals surface area contributed by atoms with Crippen LogP contribution in [0.5, 0.6) is 0 Å². The Morgan fingerprint density at radius 2 is 1.70 bits per heavy atom. The lowest BCUT2D eigenvalue weighted by Crippen LogP contribution is -2.48. The van der Waals surface area contributed by atoms with Gasteiger partial charge in [0.2, 0.25) is 0 Å². The molecule has 1 aliphatic rings. The van der Waals surface area contributed by atoms with Crippen LogP contribution >= 0.6 is 0 Å². The van der Waals surface area contributed by atoms with Gasteiger partial charge in [-0.25, -0.2) is 13.2 Å². The largest absolute Gasteiger partial charge is 0.480 e. The van der Waals surface area contributed by atoms with Gasteiger partial charge in [-0.3, -0.25) is 4.90 Å². The minimum absolute atomic E-state index is 0.204. The zero-order valence-corrected chi connectivity index (χ0v) is 12.5. The molecule has 1 fully saturated rings. The molecule has 1 N–H and O–H groups in total. The fourth-order valence-electron chi connectivity index (χ4n) is 2.63. The fourth-order valence-corrected chi connectivity index (χ4v) is 3.26. The minimum Gasteiger partial charge on any atom is -0.480 e. The third-order valence-electron chi connectivity index (χ3n) is 4.00. The molecule has 110 valence electrons. The Morgan fingerprint density at radius 1 is 1.20 bits per heavy atom. The summed E-state index contributed by atoms with van der Waals surface area (Å²) in [6.07, 6.45) is 3.12. The number of aliphatic carboxylic acids is 1. The van der Waals surface area contributed by atoms with Crippen molar-refractivity contribution in [2.75, 3.05) is 19.3 Å². The first-order chi connectivity index (χ1) is 9.26. The number of nitrogens with zero attached hydrogens (tertiary/aromatic N) is 1. The second-order valence-electron chi connectivity index (χ2n) is 5.37. The zero-order valence-electron chi connectivity index (χ0n) is 11.7. The summed E-state index contributed by atoms with van der Waals surface area (Å²) in [5.74, 6) is -0.911. The first kappa shape index (κ1) is 15.0. The van der Waals surface area contributed by atoms with Crippen molar-refractivity contribution in [1.82, 2.24) is 4.90 Å². The van der Waals surface area contributed by atoms with Gasteiger partial charge in [0.1, 0.15) is 5.54 Å². The van der Waals surface area contributed by atoms with Gasteiger partial charge >= 0.3 is 5.97 Å². The Balaban J connectivity index is 2.42. The van der Waals surface area contributed by atoms with Gasteiger partial charge in [0.05, 0.1) is 4.90 Å². The standard InChI is InChI=1S/C14H19NO4S/c1-14(13(16)17,15-9-3-4-10-15)11-5-7-12(8-6-11)20(2,18)19/h5-8H,3-4,9-10H2,1-2H3,(H,16,17). The smallest absolute Gasteiger partial charge is 0.328 e. The first-order valence-electron chi connectivity index (χ1n) is 6.55. The molecule has 1 unspecified atom stereocenters. The van der Waals surface area contributed by atoms with Gasteiger partial charge in [0.15, 0.2) is 9.84 Å². The Bertz CT molecular complexity index is 603. The van der Waals surface area contributed by atoms with Crippen molar-refractivity contribution < 1.29 is 18.3 Å². The molecule has 1 atom stereocenters. The third kappa shape index (κ3) is 2.58. The van der Waals surface area contributed by atoms with Gasteiger partial charge in [-0.2, -0.15) is 0 Å². The Kier molecular flexibility index (Phi) is 3.88. The number of benzene rings is 1. The Morgan fingerprint density at radius 3 is 2.10 bits per heavy atom. The van der Waals surface area contributed by atoms with Crippen molar-refractivity contribution in [2.45, 2.75) is 30.2 Å². The number of hydrogen-bond donors (Lipinski definition) is 1. The molecule has 0 radical (unpaired) electrons. The maximum Gasteiger partial charge on any atom is 0.328 e. The number of carboxylic acid groups (broad SMARTS) is 1. The van der Waals surface area contributed by atoms with E-state index in [9.17, 15) is 18.3 Å². The predicted molar refractivity (Wildman–Crippen MR) is 75.3 cm³/mol. The first-order valence-corrected chi connectivity index (χ1v) is 8.44. The topological polar surface area (TPSA) is 74.7 Å². The predicted octanol–water partition coefficient (Wildman–Crippen LogP) is 1.49. The average Bonchev–Trinajstić information content (AvgIpc) is 2.91. The fraction of sp³-hybridized carbons (Fsp3) is 0.500. The highest BCUT2D eigenvalue weighted by Crippen LogP contribution is 2.32. The van der Waals surface area contributed by atoms with E-state index in [1.165, 1.54) is 12.1 Å². The second kappa shape index (κ2) is 5.18. The van der Waals surface area contributed by atoms with E-state index in [4.69, 9.17) is 0 Å². The molecule has 0 amide bonds. The van der Waals surface area contributed by atoms with Crippen LogP contribution in [-0.2, 0) is 20.2 Å². The Labute approximate surface area is 119 Å². The van der Waals surface area contributed by atoms with Crippen LogP contribution in [0.3, 0.4) is 0 Å². The van der Waals surface area contributed by atoms with Crippen LogP contribution < -0.4 is 0 Å². The molecule has 2 rings (SSSR count). The van der Waals surface area contributed by atoms with Crippen LogP contribution in [0.25, 0.3) is 0 Å². The lowest BCUT2D eigenvalue weighted by molar-refractivity contribution is -0.150. The molecule has 1 heterocycles. The third-order valence-corrected chi connectivity index (χ3v) is 5.13.